The number of hydrogen-bond donors (Lipinski definition) is 2. The van der Waals surface area contributed by atoms with Crippen LogP contribution in [0.25, 0.3) is 11.1 Å². The van der Waals surface area contributed by atoms with E-state index in [1.165, 1.54) is 6.07 Å². The summed E-state index contributed by atoms with van der Waals surface area (Å²) < 4.78 is 15.0. The SMILES string of the molecule is Cc1cc(C#N)cc(C)c1-c1ccc(F)c2c1CC[C@H]2Nc1cnc([C@H]2C[C@@H]2C(=O)O)cn1. The Balaban J connectivity index is 1.43. The average molecular weight is 442 g/mol. The molecule has 2 aliphatic rings. The summed E-state index contributed by atoms with van der Waals surface area (Å²) in [6, 6.07) is 9.05. The maximum atomic E-state index is 15.0. The lowest BCUT2D eigenvalue weighted by Gasteiger charge is -2.18. The molecular formula is C26H23FN4O2. The van der Waals surface area contributed by atoms with Gasteiger partial charge in [-0.15, -0.1) is 0 Å². The van der Waals surface area contributed by atoms with Crippen molar-refractivity contribution in [3.8, 4) is 17.2 Å². The quantitative estimate of drug-likeness (QED) is 0.573. The van der Waals surface area contributed by atoms with Crippen LogP contribution in [0.1, 0.15) is 58.3 Å². The van der Waals surface area contributed by atoms with Crippen LogP contribution in [0.15, 0.2) is 36.7 Å². The van der Waals surface area contributed by atoms with Gasteiger partial charge in [-0.25, -0.2) is 9.37 Å². The molecule has 3 aromatic rings. The number of halogens is 1. The Labute approximate surface area is 191 Å². The van der Waals surface area contributed by atoms with Gasteiger partial charge in [-0.3, -0.25) is 9.78 Å². The van der Waals surface area contributed by atoms with Crippen LogP contribution in [0.2, 0.25) is 0 Å². The molecule has 0 spiro atoms. The number of fused-ring (bicyclic) bond motifs is 1. The van der Waals surface area contributed by atoms with Crippen LogP contribution in [0.4, 0.5) is 10.2 Å². The highest BCUT2D eigenvalue weighted by Crippen LogP contribution is 2.47. The minimum Gasteiger partial charge on any atom is -0.481 e. The predicted octanol–water partition coefficient (Wildman–Crippen LogP) is 5.06. The first-order valence-corrected chi connectivity index (χ1v) is 11.0. The summed E-state index contributed by atoms with van der Waals surface area (Å²) in [4.78, 5) is 19.9. The number of nitrogens with one attached hydrogen (secondary N) is 1. The Morgan fingerprint density at radius 3 is 2.58 bits per heavy atom. The van der Waals surface area contributed by atoms with Crippen molar-refractivity contribution in [3.05, 3.63) is 76.0 Å². The van der Waals surface area contributed by atoms with Crippen LogP contribution >= 0.6 is 0 Å². The van der Waals surface area contributed by atoms with Gasteiger partial charge < -0.3 is 10.4 Å². The number of nitrogens with zero attached hydrogens (tertiary/aromatic N) is 3. The Hall–Kier alpha value is -3.79. The van der Waals surface area contributed by atoms with E-state index in [4.69, 9.17) is 5.11 Å². The normalized spacial score (nSPS) is 20.7. The van der Waals surface area contributed by atoms with Gasteiger partial charge in [0.2, 0.25) is 0 Å². The predicted molar refractivity (Wildman–Crippen MR) is 121 cm³/mol. The van der Waals surface area contributed by atoms with Crippen LogP contribution in [0.3, 0.4) is 0 Å². The lowest BCUT2D eigenvalue weighted by atomic mass is 9.89. The first kappa shape index (κ1) is 21.1. The first-order chi connectivity index (χ1) is 15.9. The Bertz CT molecular complexity index is 1290. The standard InChI is InChI=1S/C26H23FN4O2/c1-13-7-15(10-28)8-14(2)24(13)16-3-5-20(27)25-17(16)4-6-21(25)31-23-12-29-22(11-30-23)18-9-19(18)26(32)33/h3,5,7-8,11-12,18-19,21H,4,6,9H2,1-2H3,(H,30,31)(H,32,33)/t18-,19-,21+/m0/s1. The summed E-state index contributed by atoms with van der Waals surface area (Å²) in [5.41, 5.74) is 6.98. The Kier molecular flexibility index (Phi) is 5.09. The molecule has 2 aromatic carbocycles. The molecule has 1 heterocycles. The molecule has 0 radical (unpaired) electrons. The Morgan fingerprint density at radius 2 is 1.97 bits per heavy atom. The third-order valence-electron chi connectivity index (χ3n) is 6.75. The highest BCUT2D eigenvalue weighted by atomic mass is 19.1. The Morgan fingerprint density at radius 1 is 1.21 bits per heavy atom. The lowest BCUT2D eigenvalue weighted by Crippen LogP contribution is -2.11. The van der Waals surface area contributed by atoms with Gasteiger partial charge >= 0.3 is 5.97 Å². The van der Waals surface area contributed by atoms with Gasteiger partial charge in [0.25, 0.3) is 0 Å². The van der Waals surface area contributed by atoms with E-state index in [0.717, 1.165) is 40.7 Å². The van der Waals surface area contributed by atoms with Gasteiger partial charge in [-0.05, 0) is 79.1 Å². The van der Waals surface area contributed by atoms with E-state index >= 15 is 0 Å². The van der Waals surface area contributed by atoms with Crippen LogP contribution in [0.5, 0.6) is 0 Å². The average Bonchev–Trinajstić information content (AvgIpc) is 3.49. The lowest BCUT2D eigenvalue weighted by molar-refractivity contribution is -0.138. The van der Waals surface area contributed by atoms with E-state index < -0.39 is 5.97 Å². The molecule has 0 unspecified atom stereocenters. The smallest absolute Gasteiger partial charge is 0.307 e. The second kappa shape index (κ2) is 7.96. The molecule has 0 aliphatic heterocycles. The van der Waals surface area contributed by atoms with Gasteiger partial charge in [-0.2, -0.15) is 5.26 Å². The number of carboxylic acid groups (broad SMARTS) is 1. The van der Waals surface area contributed by atoms with Crippen molar-refractivity contribution in [1.82, 2.24) is 9.97 Å². The molecule has 1 saturated carbocycles. The van der Waals surface area contributed by atoms with Crippen molar-refractivity contribution in [3.63, 3.8) is 0 Å². The zero-order chi connectivity index (χ0) is 23.3. The maximum absolute atomic E-state index is 15.0. The number of hydrogen-bond acceptors (Lipinski definition) is 5. The van der Waals surface area contributed by atoms with E-state index in [-0.39, 0.29) is 23.7 Å². The molecule has 5 rings (SSSR count). The number of anilines is 1. The van der Waals surface area contributed by atoms with Crippen LogP contribution < -0.4 is 5.32 Å². The van der Waals surface area contributed by atoms with Crippen molar-refractivity contribution < 1.29 is 14.3 Å². The van der Waals surface area contributed by atoms with Crippen LogP contribution in [-0.4, -0.2) is 21.0 Å². The number of carboxylic acids is 1. The molecule has 3 atom stereocenters. The first-order valence-electron chi connectivity index (χ1n) is 11.0. The van der Waals surface area contributed by atoms with Gasteiger partial charge in [0, 0.05) is 11.5 Å². The fraction of sp³-hybridized carbons (Fsp3) is 0.308. The molecule has 2 N–H and O–H groups in total. The van der Waals surface area contributed by atoms with Gasteiger partial charge in [0.1, 0.15) is 11.6 Å². The van der Waals surface area contributed by atoms with E-state index in [2.05, 4.69) is 21.4 Å². The monoisotopic (exact) mass is 442 g/mol. The van der Waals surface area contributed by atoms with Crippen molar-refractivity contribution in [2.75, 3.05) is 5.32 Å². The fourth-order valence-corrected chi connectivity index (χ4v) is 5.12. The third-order valence-corrected chi connectivity index (χ3v) is 6.75. The molecule has 0 bridgehead atoms. The van der Waals surface area contributed by atoms with Crippen molar-refractivity contribution in [2.24, 2.45) is 5.92 Å². The van der Waals surface area contributed by atoms with Crippen molar-refractivity contribution in [1.29, 1.82) is 5.26 Å². The van der Waals surface area contributed by atoms with Crippen LogP contribution in [-0.2, 0) is 11.2 Å². The number of benzene rings is 2. The highest BCUT2D eigenvalue weighted by molar-refractivity contribution is 5.77. The third kappa shape index (κ3) is 3.72. The molecule has 7 heteroatoms. The molecule has 2 aliphatic carbocycles. The second-order valence-corrected chi connectivity index (χ2v) is 8.93. The number of aryl methyl sites for hydroxylation is 2. The summed E-state index contributed by atoms with van der Waals surface area (Å²) in [5, 5.41) is 21.7. The van der Waals surface area contributed by atoms with Crippen LogP contribution in [0, 0.1) is 36.9 Å². The van der Waals surface area contributed by atoms with Crippen molar-refractivity contribution >= 4 is 11.8 Å². The largest absolute Gasteiger partial charge is 0.481 e. The maximum Gasteiger partial charge on any atom is 0.307 e. The number of carbonyl (C=O) groups is 1. The summed E-state index contributed by atoms with van der Waals surface area (Å²) in [6.07, 6.45) is 5.26. The molecule has 166 valence electrons. The van der Waals surface area contributed by atoms with Gasteiger partial charge in [0.15, 0.2) is 0 Å². The molecule has 0 amide bonds. The number of aromatic nitrogens is 2. The second-order valence-electron chi connectivity index (χ2n) is 8.93. The van der Waals surface area contributed by atoms with Gasteiger partial charge in [-0.1, -0.05) is 6.07 Å². The van der Waals surface area contributed by atoms with E-state index in [1.807, 2.05) is 32.0 Å². The summed E-state index contributed by atoms with van der Waals surface area (Å²) in [5.74, 6) is -0.957. The zero-order valence-electron chi connectivity index (χ0n) is 18.4. The molecule has 0 saturated heterocycles. The number of rotatable bonds is 5. The topological polar surface area (TPSA) is 98.9 Å². The summed E-state index contributed by atoms with van der Waals surface area (Å²) >= 11 is 0. The van der Waals surface area contributed by atoms with E-state index in [9.17, 15) is 14.4 Å². The zero-order valence-corrected chi connectivity index (χ0v) is 18.4. The van der Waals surface area contributed by atoms with E-state index in [1.54, 1.807) is 12.4 Å². The molecule has 6 nitrogen and oxygen atoms in total. The summed E-state index contributed by atoms with van der Waals surface area (Å²) in [7, 11) is 0. The minimum atomic E-state index is -0.800. The fourth-order valence-electron chi connectivity index (χ4n) is 5.12. The molecule has 1 fully saturated rings. The molecule has 33 heavy (non-hydrogen) atoms. The summed E-state index contributed by atoms with van der Waals surface area (Å²) in [6.45, 7) is 3.96. The number of nitriles is 1. The number of aliphatic carboxylic acids is 1. The van der Waals surface area contributed by atoms with E-state index in [0.29, 0.717) is 29.1 Å². The molecule has 1 aromatic heterocycles. The van der Waals surface area contributed by atoms with Crippen molar-refractivity contribution in [2.45, 2.75) is 45.1 Å². The molecular weight excluding hydrogens is 419 g/mol. The highest BCUT2D eigenvalue weighted by Gasteiger charge is 2.45. The minimum absolute atomic E-state index is 0.0739. The van der Waals surface area contributed by atoms with Gasteiger partial charge in [0.05, 0.1) is 41.7 Å².